The van der Waals surface area contributed by atoms with Crippen molar-refractivity contribution in [2.45, 2.75) is 46.4 Å². The van der Waals surface area contributed by atoms with Gasteiger partial charge < -0.3 is 4.42 Å². The van der Waals surface area contributed by atoms with Gasteiger partial charge in [-0.25, -0.2) is 4.31 Å². The van der Waals surface area contributed by atoms with Crippen LogP contribution in [0.2, 0.25) is 0 Å². The van der Waals surface area contributed by atoms with Gasteiger partial charge in [-0.2, -0.15) is 0 Å². The number of rotatable bonds is 6. The molecule has 0 aliphatic carbocycles. The Kier molecular flexibility index (Phi) is 4.85. The smallest absolute Gasteiger partial charge is 0.137 e. The lowest BCUT2D eigenvalue weighted by Crippen LogP contribution is -2.25. The first kappa shape index (κ1) is 14.4. The lowest BCUT2D eigenvalue weighted by Gasteiger charge is -2.24. The summed E-state index contributed by atoms with van der Waals surface area (Å²) >= 11 is 1.41. The first-order chi connectivity index (χ1) is 9.08. The van der Waals surface area contributed by atoms with Gasteiger partial charge in [-0.15, -0.1) is 0 Å². The standard InChI is InChI=1S/C14H20N2O2S/c1-10(2)16(19-18-11(3)4)9-13-12-6-8-17-14(12)5-7-15-13/h5-8,10-11H,9H2,1-4H3. The fourth-order valence-electron chi connectivity index (χ4n) is 1.66. The van der Waals surface area contributed by atoms with Gasteiger partial charge in [-0.1, -0.05) is 0 Å². The van der Waals surface area contributed by atoms with Crippen LogP contribution >= 0.6 is 12.2 Å². The lowest BCUT2D eigenvalue weighted by atomic mass is 10.2. The lowest BCUT2D eigenvalue weighted by molar-refractivity contribution is 0.255. The average molecular weight is 280 g/mol. The zero-order chi connectivity index (χ0) is 13.8. The van der Waals surface area contributed by atoms with Crippen molar-refractivity contribution < 1.29 is 8.60 Å². The van der Waals surface area contributed by atoms with Crippen LogP contribution in [0.5, 0.6) is 0 Å². The van der Waals surface area contributed by atoms with Gasteiger partial charge in [0.25, 0.3) is 0 Å². The Bertz CT molecular complexity index is 525. The van der Waals surface area contributed by atoms with Gasteiger partial charge in [-0.05, 0) is 39.8 Å². The highest BCUT2D eigenvalue weighted by atomic mass is 32.2. The van der Waals surface area contributed by atoms with Gasteiger partial charge in [0, 0.05) is 17.6 Å². The van der Waals surface area contributed by atoms with Crippen molar-refractivity contribution in [3.8, 4) is 0 Å². The second kappa shape index (κ2) is 6.41. The van der Waals surface area contributed by atoms with Gasteiger partial charge in [0.1, 0.15) is 5.58 Å². The average Bonchev–Trinajstić information content (AvgIpc) is 2.82. The highest BCUT2D eigenvalue weighted by Crippen LogP contribution is 2.24. The normalized spacial score (nSPS) is 12.2. The Balaban J connectivity index is 2.14. The van der Waals surface area contributed by atoms with E-state index >= 15 is 0 Å². The highest BCUT2D eigenvalue weighted by Gasteiger charge is 2.15. The van der Waals surface area contributed by atoms with E-state index in [0.29, 0.717) is 6.04 Å². The summed E-state index contributed by atoms with van der Waals surface area (Å²) in [7, 11) is 0. The molecule has 2 heterocycles. The number of fused-ring (bicyclic) bond motifs is 1. The fraction of sp³-hybridized carbons (Fsp3) is 0.500. The van der Waals surface area contributed by atoms with E-state index in [2.05, 4.69) is 23.1 Å². The Morgan fingerprint density at radius 1 is 1.32 bits per heavy atom. The number of hydrogen-bond acceptors (Lipinski definition) is 5. The molecule has 0 unspecified atom stereocenters. The zero-order valence-corrected chi connectivity index (χ0v) is 12.6. The van der Waals surface area contributed by atoms with Crippen LogP contribution in [0.4, 0.5) is 0 Å². The van der Waals surface area contributed by atoms with Crippen LogP contribution in [0.15, 0.2) is 29.0 Å². The molecule has 2 aromatic heterocycles. The molecule has 2 rings (SSSR count). The summed E-state index contributed by atoms with van der Waals surface area (Å²) in [6.45, 7) is 9.07. The summed E-state index contributed by atoms with van der Waals surface area (Å²) in [6, 6.07) is 4.22. The van der Waals surface area contributed by atoms with E-state index in [1.54, 1.807) is 12.5 Å². The predicted octanol–water partition coefficient (Wildman–Crippen LogP) is 4.03. The van der Waals surface area contributed by atoms with Crippen LogP contribution in [-0.2, 0) is 10.7 Å². The molecule has 0 amide bonds. The second-order valence-electron chi connectivity index (χ2n) is 4.98. The summed E-state index contributed by atoms with van der Waals surface area (Å²) in [4.78, 5) is 4.46. The van der Waals surface area contributed by atoms with E-state index in [9.17, 15) is 0 Å². The van der Waals surface area contributed by atoms with Gasteiger partial charge in [0.15, 0.2) is 0 Å². The summed E-state index contributed by atoms with van der Waals surface area (Å²) in [6.07, 6.45) is 3.69. The van der Waals surface area contributed by atoms with Crippen molar-refractivity contribution in [1.82, 2.24) is 9.29 Å². The Labute approximate surface area is 118 Å². The summed E-state index contributed by atoms with van der Waals surface area (Å²) < 4.78 is 13.2. The summed E-state index contributed by atoms with van der Waals surface area (Å²) in [5.74, 6) is 0. The molecular weight excluding hydrogens is 260 g/mol. The fourth-order valence-corrected chi connectivity index (χ4v) is 2.29. The molecule has 4 nitrogen and oxygen atoms in total. The third-order valence-electron chi connectivity index (χ3n) is 2.68. The molecule has 0 aliphatic heterocycles. The maximum atomic E-state index is 5.62. The van der Waals surface area contributed by atoms with E-state index in [1.807, 2.05) is 26.0 Å². The minimum absolute atomic E-state index is 0.198. The van der Waals surface area contributed by atoms with Crippen molar-refractivity contribution in [2.75, 3.05) is 0 Å². The SMILES string of the molecule is CC(C)OSN(Cc1nccc2occc12)C(C)C. The zero-order valence-electron chi connectivity index (χ0n) is 11.8. The van der Waals surface area contributed by atoms with E-state index < -0.39 is 0 Å². The van der Waals surface area contributed by atoms with Crippen molar-refractivity contribution >= 4 is 23.2 Å². The Hall–Kier alpha value is -1.04. The van der Waals surface area contributed by atoms with Crippen molar-refractivity contribution in [2.24, 2.45) is 0 Å². The van der Waals surface area contributed by atoms with Crippen LogP contribution in [-0.4, -0.2) is 21.4 Å². The van der Waals surface area contributed by atoms with Crippen LogP contribution < -0.4 is 0 Å². The topological polar surface area (TPSA) is 38.5 Å². The minimum Gasteiger partial charge on any atom is -0.464 e. The second-order valence-corrected chi connectivity index (χ2v) is 5.79. The number of hydrogen-bond donors (Lipinski definition) is 0. The van der Waals surface area contributed by atoms with Crippen LogP contribution in [0, 0.1) is 0 Å². The number of pyridine rings is 1. The summed E-state index contributed by atoms with van der Waals surface area (Å²) in [5, 5.41) is 1.07. The van der Waals surface area contributed by atoms with Crippen molar-refractivity contribution in [1.29, 1.82) is 0 Å². The molecule has 0 bridgehead atoms. The van der Waals surface area contributed by atoms with Crippen molar-refractivity contribution in [3.63, 3.8) is 0 Å². The third-order valence-corrected chi connectivity index (χ3v) is 3.89. The molecule has 0 fully saturated rings. The number of furan rings is 1. The molecule has 0 atom stereocenters. The maximum absolute atomic E-state index is 5.62. The minimum atomic E-state index is 0.198. The molecule has 0 saturated heterocycles. The molecule has 0 saturated carbocycles. The highest BCUT2D eigenvalue weighted by molar-refractivity contribution is 7.92. The first-order valence-electron chi connectivity index (χ1n) is 6.49. The van der Waals surface area contributed by atoms with Gasteiger partial charge in [-0.3, -0.25) is 9.17 Å². The maximum Gasteiger partial charge on any atom is 0.137 e. The predicted molar refractivity (Wildman–Crippen MR) is 78.5 cm³/mol. The number of aromatic nitrogens is 1. The molecule has 19 heavy (non-hydrogen) atoms. The summed E-state index contributed by atoms with van der Waals surface area (Å²) in [5.41, 5.74) is 1.89. The van der Waals surface area contributed by atoms with Gasteiger partial charge in [0.2, 0.25) is 0 Å². The van der Waals surface area contributed by atoms with Crippen LogP contribution in [0.3, 0.4) is 0 Å². The first-order valence-corrected chi connectivity index (χ1v) is 7.19. The Morgan fingerprint density at radius 2 is 2.11 bits per heavy atom. The molecule has 0 aromatic carbocycles. The van der Waals surface area contributed by atoms with E-state index in [4.69, 9.17) is 8.60 Å². The third kappa shape index (κ3) is 3.72. The molecule has 104 valence electrons. The van der Waals surface area contributed by atoms with Crippen molar-refractivity contribution in [3.05, 3.63) is 30.3 Å². The Morgan fingerprint density at radius 3 is 2.79 bits per heavy atom. The van der Waals surface area contributed by atoms with Gasteiger partial charge in [0.05, 0.1) is 36.8 Å². The monoisotopic (exact) mass is 280 g/mol. The van der Waals surface area contributed by atoms with E-state index in [0.717, 1.165) is 23.2 Å². The quantitative estimate of drug-likeness (QED) is 0.590. The molecule has 2 aromatic rings. The molecule has 0 radical (unpaired) electrons. The largest absolute Gasteiger partial charge is 0.464 e. The molecule has 0 spiro atoms. The molecule has 5 heteroatoms. The van der Waals surface area contributed by atoms with Crippen LogP contribution in [0.25, 0.3) is 11.0 Å². The van der Waals surface area contributed by atoms with E-state index in [-0.39, 0.29) is 6.10 Å². The molecule has 0 N–H and O–H groups in total. The van der Waals surface area contributed by atoms with Gasteiger partial charge >= 0.3 is 0 Å². The molecular formula is C14H20N2O2S. The van der Waals surface area contributed by atoms with Crippen LogP contribution in [0.1, 0.15) is 33.4 Å². The molecule has 0 aliphatic rings. The van der Waals surface area contributed by atoms with E-state index in [1.165, 1.54) is 12.2 Å². The number of nitrogens with zero attached hydrogens (tertiary/aromatic N) is 2.